The Morgan fingerprint density at radius 2 is 2.00 bits per heavy atom. The van der Waals surface area contributed by atoms with Crippen LogP contribution in [0.3, 0.4) is 0 Å². The van der Waals surface area contributed by atoms with Crippen LogP contribution >= 0.6 is 28.1 Å². The molecule has 0 radical (unpaired) electrons. The topological polar surface area (TPSA) is 28.7 Å². The van der Waals surface area contributed by atoms with Gasteiger partial charge < -0.3 is 4.98 Å². The van der Waals surface area contributed by atoms with Gasteiger partial charge in [-0.1, -0.05) is 19.1 Å². The van der Waals surface area contributed by atoms with Crippen LogP contribution in [0.15, 0.2) is 22.7 Å². The normalized spacial score (nSPS) is 11.7. The summed E-state index contributed by atoms with van der Waals surface area (Å²) in [4.78, 5) is 6.68. The second-order valence-corrected chi connectivity index (χ2v) is 5.40. The zero-order valence-electron chi connectivity index (χ0n) is 10.7. The molecule has 112 valence electrons. The first-order valence-electron chi connectivity index (χ1n) is 5.89. The summed E-state index contributed by atoms with van der Waals surface area (Å²) in [6.07, 6.45) is -4.10. The average Bonchev–Trinajstić information content (AvgIpc) is 2.40. The molecule has 1 aromatic heterocycles. The van der Waals surface area contributed by atoms with E-state index in [-0.39, 0.29) is 16.0 Å². The monoisotopic (exact) mass is 380 g/mol. The Labute approximate surface area is 131 Å². The summed E-state index contributed by atoms with van der Waals surface area (Å²) in [6, 6.07) is 2.25. The van der Waals surface area contributed by atoms with Gasteiger partial charge in [0.1, 0.15) is 16.3 Å². The molecule has 8 heteroatoms. The van der Waals surface area contributed by atoms with Gasteiger partial charge in [0.2, 0.25) is 0 Å². The summed E-state index contributed by atoms with van der Waals surface area (Å²) in [6.45, 7) is 1.81. The molecule has 0 aliphatic carbocycles. The van der Waals surface area contributed by atoms with E-state index in [0.717, 1.165) is 12.1 Å². The molecule has 0 aliphatic heterocycles. The first-order chi connectivity index (χ1) is 9.74. The molecule has 0 atom stereocenters. The Bertz CT molecular complexity index is 740. The number of aryl methyl sites for hydroxylation is 1. The van der Waals surface area contributed by atoms with E-state index in [2.05, 4.69) is 25.9 Å². The predicted octanol–water partition coefficient (Wildman–Crippen LogP) is 5.29. The van der Waals surface area contributed by atoms with Gasteiger partial charge in [-0.3, -0.25) is 0 Å². The van der Waals surface area contributed by atoms with E-state index in [1.165, 1.54) is 0 Å². The van der Waals surface area contributed by atoms with E-state index in [1.807, 2.05) is 6.92 Å². The number of nitrogens with one attached hydrogen (secondary N) is 1. The van der Waals surface area contributed by atoms with Crippen molar-refractivity contribution in [3.8, 4) is 11.4 Å². The van der Waals surface area contributed by atoms with Crippen LogP contribution in [0.5, 0.6) is 0 Å². The van der Waals surface area contributed by atoms with Gasteiger partial charge in [-0.15, -0.1) is 0 Å². The van der Waals surface area contributed by atoms with Gasteiger partial charge in [0.25, 0.3) is 0 Å². The molecule has 1 aromatic carbocycles. The third-order valence-corrected chi connectivity index (χ3v) is 4.24. The lowest BCUT2D eigenvalue weighted by atomic mass is 10.1. The van der Waals surface area contributed by atoms with Gasteiger partial charge >= 0.3 is 6.18 Å². The molecule has 0 saturated heterocycles. The van der Waals surface area contributed by atoms with Gasteiger partial charge in [0.05, 0.1) is 10.0 Å². The second-order valence-electron chi connectivity index (χ2n) is 4.22. The number of alkyl halides is 3. The number of hydrogen-bond donors (Lipinski definition) is 1. The maximum absolute atomic E-state index is 13.3. The van der Waals surface area contributed by atoms with Crippen LogP contribution in [0.1, 0.15) is 18.2 Å². The number of halogens is 5. The maximum Gasteiger partial charge on any atom is 0.417 e. The third kappa shape index (κ3) is 3.32. The van der Waals surface area contributed by atoms with Crippen LogP contribution in [0.25, 0.3) is 11.4 Å². The lowest BCUT2D eigenvalue weighted by molar-refractivity contribution is -0.137. The Balaban J connectivity index is 2.75. The Morgan fingerprint density at radius 3 is 2.57 bits per heavy atom. The maximum atomic E-state index is 13.3. The fourth-order valence-electron chi connectivity index (χ4n) is 1.84. The smallest absolute Gasteiger partial charge is 0.342 e. The van der Waals surface area contributed by atoms with E-state index in [9.17, 15) is 17.6 Å². The minimum Gasteiger partial charge on any atom is -0.342 e. The van der Waals surface area contributed by atoms with E-state index in [4.69, 9.17) is 12.2 Å². The van der Waals surface area contributed by atoms with Crippen LogP contribution < -0.4 is 0 Å². The van der Waals surface area contributed by atoms with Gasteiger partial charge in [-0.25, -0.2) is 9.37 Å². The van der Waals surface area contributed by atoms with Crippen LogP contribution in [-0.2, 0) is 12.6 Å². The van der Waals surface area contributed by atoms with Crippen LogP contribution in [0.4, 0.5) is 17.6 Å². The van der Waals surface area contributed by atoms with Crippen molar-refractivity contribution in [2.45, 2.75) is 19.5 Å². The van der Waals surface area contributed by atoms with Crippen LogP contribution in [0, 0.1) is 10.5 Å². The molecular formula is C13H9BrF4N2S. The van der Waals surface area contributed by atoms with Crippen molar-refractivity contribution in [1.29, 1.82) is 0 Å². The zero-order valence-corrected chi connectivity index (χ0v) is 13.1. The van der Waals surface area contributed by atoms with Crippen molar-refractivity contribution in [2.75, 3.05) is 0 Å². The molecular weight excluding hydrogens is 372 g/mol. The largest absolute Gasteiger partial charge is 0.417 e. The summed E-state index contributed by atoms with van der Waals surface area (Å²) in [5, 5.41) is 0. The summed E-state index contributed by atoms with van der Waals surface area (Å²) >= 11 is 8.24. The van der Waals surface area contributed by atoms with Crippen LogP contribution in [-0.4, -0.2) is 9.97 Å². The molecule has 0 fully saturated rings. The second kappa shape index (κ2) is 5.84. The number of nitrogens with zero attached hydrogens (tertiary/aromatic N) is 1. The van der Waals surface area contributed by atoms with Crippen LogP contribution in [0.2, 0.25) is 0 Å². The van der Waals surface area contributed by atoms with Gasteiger partial charge in [0, 0.05) is 11.3 Å². The van der Waals surface area contributed by atoms with Crippen molar-refractivity contribution in [2.24, 2.45) is 0 Å². The summed E-state index contributed by atoms with van der Waals surface area (Å²) < 4.78 is 53.1. The molecule has 21 heavy (non-hydrogen) atoms. The number of rotatable bonds is 2. The highest BCUT2D eigenvalue weighted by atomic mass is 79.9. The van der Waals surface area contributed by atoms with Crippen molar-refractivity contribution in [3.63, 3.8) is 0 Å². The molecule has 0 aliphatic rings. The highest BCUT2D eigenvalue weighted by Crippen LogP contribution is 2.36. The minimum absolute atomic E-state index is 0.105. The number of aromatic nitrogens is 2. The zero-order chi connectivity index (χ0) is 15.8. The molecule has 0 spiro atoms. The first-order valence-corrected chi connectivity index (χ1v) is 7.10. The fourth-order valence-corrected chi connectivity index (χ4v) is 2.52. The molecule has 2 aromatic rings. The Hall–Kier alpha value is -1.28. The number of benzene rings is 1. The van der Waals surface area contributed by atoms with Gasteiger partial charge in [-0.2, -0.15) is 13.2 Å². The number of hydrogen-bond acceptors (Lipinski definition) is 2. The standard InChI is InChI=1S/C13H9BrF4N2S/c1-2-9-10(14)12(21)20-11(19-9)7-5-6(15)3-4-8(7)13(16,17)18/h3-5H,2H2,1H3,(H,19,20,21). The molecule has 1 heterocycles. The highest BCUT2D eigenvalue weighted by Gasteiger charge is 2.34. The molecule has 0 bridgehead atoms. The molecule has 2 nitrogen and oxygen atoms in total. The van der Waals surface area contributed by atoms with Gasteiger partial charge in [0.15, 0.2) is 0 Å². The molecule has 2 rings (SSSR count). The predicted molar refractivity (Wildman–Crippen MR) is 76.9 cm³/mol. The van der Waals surface area contributed by atoms with Crippen molar-refractivity contribution < 1.29 is 17.6 Å². The lowest BCUT2D eigenvalue weighted by Gasteiger charge is -2.13. The van der Waals surface area contributed by atoms with Gasteiger partial charge in [-0.05, 0) is 40.5 Å². The molecule has 0 amide bonds. The highest BCUT2D eigenvalue weighted by molar-refractivity contribution is 9.10. The van der Waals surface area contributed by atoms with Crippen molar-refractivity contribution in [1.82, 2.24) is 9.97 Å². The number of aromatic amines is 1. The molecule has 0 saturated carbocycles. The lowest BCUT2D eigenvalue weighted by Crippen LogP contribution is -2.09. The van der Waals surface area contributed by atoms with Crippen molar-refractivity contribution >= 4 is 28.1 Å². The minimum atomic E-state index is -4.61. The summed E-state index contributed by atoms with van der Waals surface area (Å²) in [5.74, 6) is -0.882. The Morgan fingerprint density at radius 1 is 1.33 bits per heavy atom. The van der Waals surface area contributed by atoms with E-state index in [0.29, 0.717) is 22.7 Å². The quantitative estimate of drug-likeness (QED) is 0.566. The summed E-state index contributed by atoms with van der Waals surface area (Å²) in [5.41, 5.74) is -0.732. The number of H-pyrrole nitrogens is 1. The van der Waals surface area contributed by atoms with E-state index in [1.54, 1.807) is 0 Å². The Kier molecular flexibility index (Phi) is 4.48. The molecule has 1 N–H and O–H groups in total. The van der Waals surface area contributed by atoms with E-state index < -0.39 is 17.6 Å². The fraction of sp³-hybridized carbons (Fsp3) is 0.231. The average molecular weight is 381 g/mol. The SMILES string of the molecule is CCc1[nH]c(-c2cc(F)ccc2C(F)(F)F)nc(=S)c1Br. The van der Waals surface area contributed by atoms with Crippen molar-refractivity contribution in [3.05, 3.63) is 44.4 Å². The molecule has 0 unspecified atom stereocenters. The first kappa shape index (κ1) is 16.1. The van der Waals surface area contributed by atoms with E-state index >= 15 is 0 Å². The third-order valence-electron chi connectivity index (χ3n) is 2.83. The summed E-state index contributed by atoms with van der Waals surface area (Å²) in [7, 11) is 0.